The fourth-order valence-electron chi connectivity index (χ4n) is 1.59. The zero-order chi connectivity index (χ0) is 14.4. The molecule has 2 rings (SSSR count). The number of anilines is 1. The van der Waals surface area contributed by atoms with Crippen LogP contribution >= 0.6 is 11.6 Å². The van der Waals surface area contributed by atoms with E-state index in [1.807, 2.05) is 0 Å². The molecule has 1 heterocycles. The SMILES string of the molecule is OC(CNc1ccc(F)c(Cl)c1)COCc1ccco1. The van der Waals surface area contributed by atoms with Gasteiger partial charge in [0.15, 0.2) is 0 Å². The smallest absolute Gasteiger partial charge is 0.141 e. The molecule has 0 bridgehead atoms. The van der Waals surface area contributed by atoms with Gasteiger partial charge in [-0.2, -0.15) is 0 Å². The number of ether oxygens (including phenoxy) is 1. The first-order chi connectivity index (χ1) is 9.65. The lowest BCUT2D eigenvalue weighted by Gasteiger charge is -2.13. The van der Waals surface area contributed by atoms with Crippen molar-refractivity contribution >= 4 is 17.3 Å². The van der Waals surface area contributed by atoms with Crippen molar-refractivity contribution < 1.29 is 18.7 Å². The van der Waals surface area contributed by atoms with E-state index >= 15 is 0 Å². The zero-order valence-corrected chi connectivity index (χ0v) is 11.4. The van der Waals surface area contributed by atoms with Crippen molar-refractivity contribution in [3.05, 3.63) is 53.2 Å². The summed E-state index contributed by atoms with van der Waals surface area (Å²) in [5, 5.41) is 12.7. The van der Waals surface area contributed by atoms with Crippen molar-refractivity contribution in [2.45, 2.75) is 12.7 Å². The Bertz CT molecular complexity index is 533. The largest absolute Gasteiger partial charge is 0.467 e. The molecule has 108 valence electrons. The zero-order valence-electron chi connectivity index (χ0n) is 10.7. The summed E-state index contributed by atoms with van der Waals surface area (Å²) >= 11 is 5.66. The van der Waals surface area contributed by atoms with Crippen molar-refractivity contribution in [3.8, 4) is 0 Å². The molecule has 1 aromatic carbocycles. The number of hydrogen-bond donors (Lipinski definition) is 2. The minimum absolute atomic E-state index is 0.0403. The molecule has 6 heteroatoms. The van der Waals surface area contributed by atoms with Crippen LogP contribution in [0.25, 0.3) is 0 Å². The Morgan fingerprint density at radius 2 is 2.25 bits per heavy atom. The summed E-state index contributed by atoms with van der Waals surface area (Å²) in [6.07, 6.45) is 0.878. The van der Waals surface area contributed by atoms with E-state index in [1.54, 1.807) is 24.5 Å². The molecule has 1 unspecified atom stereocenters. The highest BCUT2D eigenvalue weighted by molar-refractivity contribution is 6.31. The summed E-state index contributed by atoms with van der Waals surface area (Å²) in [7, 11) is 0. The first-order valence-electron chi connectivity index (χ1n) is 6.12. The van der Waals surface area contributed by atoms with Crippen LogP contribution in [0.4, 0.5) is 10.1 Å². The second-order valence-corrected chi connectivity index (χ2v) is 4.67. The van der Waals surface area contributed by atoms with Crippen LogP contribution in [0.2, 0.25) is 5.02 Å². The maximum Gasteiger partial charge on any atom is 0.141 e. The summed E-state index contributed by atoms with van der Waals surface area (Å²) in [5.41, 5.74) is 0.640. The van der Waals surface area contributed by atoms with Crippen LogP contribution in [-0.2, 0) is 11.3 Å². The minimum atomic E-state index is -0.686. The maximum atomic E-state index is 13.0. The first kappa shape index (κ1) is 14.8. The quantitative estimate of drug-likeness (QED) is 0.825. The van der Waals surface area contributed by atoms with Crippen LogP contribution in [0.15, 0.2) is 41.0 Å². The van der Waals surface area contributed by atoms with Crippen molar-refractivity contribution in [2.75, 3.05) is 18.5 Å². The average molecular weight is 300 g/mol. The third-order valence-corrected chi connectivity index (χ3v) is 2.89. The predicted molar refractivity (Wildman–Crippen MR) is 74.3 cm³/mol. The molecule has 0 aliphatic rings. The van der Waals surface area contributed by atoms with Crippen molar-refractivity contribution in [1.29, 1.82) is 0 Å². The maximum absolute atomic E-state index is 13.0. The van der Waals surface area contributed by atoms with Crippen molar-refractivity contribution in [1.82, 2.24) is 0 Å². The van der Waals surface area contributed by atoms with E-state index < -0.39 is 11.9 Å². The van der Waals surface area contributed by atoms with Crippen LogP contribution in [0.1, 0.15) is 5.76 Å². The van der Waals surface area contributed by atoms with Gasteiger partial charge < -0.3 is 19.6 Å². The van der Waals surface area contributed by atoms with E-state index in [-0.39, 0.29) is 18.2 Å². The van der Waals surface area contributed by atoms with Crippen molar-refractivity contribution in [2.24, 2.45) is 0 Å². The molecule has 2 aromatic rings. The highest BCUT2D eigenvalue weighted by Gasteiger charge is 2.06. The molecule has 2 N–H and O–H groups in total. The van der Waals surface area contributed by atoms with E-state index in [0.29, 0.717) is 18.1 Å². The van der Waals surface area contributed by atoms with E-state index in [9.17, 15) is 9.50 Å². The molecule has 0 saturated carbocycles. The molecule has 0 saturated heterocycles. The number of halogens is 2. The van der Waals surface area contributed by atoms with Gasteiger partial charge in [0, 0.05) is 12.2 Å². The summed E-state index contributed by atoms with van der Waals surface area (Å²) in [4.78, 5) is 0. The first-order valence-corrected chi connectivity index (χ1v) is 6.50. The van der Waals surface area contributed by atoms with Crippen LogP contribution in [0, 0.1) is 5.82 Å². The molecule has 1 aromatic heterocycles. The number of hydrogen-bond acceptors (Lipinski definition) is 4. The molecular weight excluding hydrogens is 285 g/mol. The average Bonchev–Trinajstić information content (AvgIpc) is 2.93. The van der Waals surface area contributed by atoms with Gasteiger partial charge in [0.25, 0.3) is 0 Å². The van der Waals surface area contributed by atoms with E-state index in [1.165, 1.54) is 12.1 Å². The van der Waals surface area contributed by atoms with Gasteiger partial charge in [0.1, 0.15) is 18.2 Å². The Morgan fingerprint density at radius 1 is 1.40 bits per heavy atom. The van der Waals surface area contributed by atoms with Gasteiger partial charge in [-0.1, -0.05) is 11.6 Å². The third kappa shape index (κ3) is 4.52. The Kier molecular flexibility index (Phi) is 5.40. The van der Waals surface area contributed by atoms with Gasteiger partial charge in [-0.3, -0.25) is 0 Å². The molecule has 0 amide bonds. The van der Waals surface area contributed by atoms with Crippen LogP contribution in [0.3, 0.4) is 0 Å². The van der Waals surface area contributed by atoms with Gasteiger partial charge in [0.2, 0.25) is 0 Å². The molecule has 20 heavy (non-hydrogen) atoms. The van der Waals surface area contributed by atoms with Crippen molar-refractivity contribution in [3.63, 3.8) is 0 Å². The second-order valence-electron chi connectivity index (χ2n) is 4.26. The predicted octanol–water partition coefficient (Wildman–Crippen LogP) is 3.06. The number of nitrogens with one attached hydrogen (secondary N) is 1. The number of rotatable bonds is 7. The molecule has 1 atom stereocenters. The fraction of sp³-hybridized carbons (Fsp3) is 0.286. The van der Waals surface area contributed by atoms with E-state index in [4.69, 9.17) is 20.8 Å². The normalized spacial score (nSPS) is 12.3. The third-order valence-electron chi connectivity index (χ3n) is 2.60. The lowest BCUT2D eigenvalue weighted by molar-refractivity contribution is 0.0282. The summed E-state index contributed by atoms with van der Waals surface area (Å²) in [6, 6.07) is 7.86. The summed E-state index contributed by atoms with van der Waals surface area (Å²) < 4.78 is 23.4. The standard InChI is InChI=1S/C14H15ClFNO3/c15-13-6-10(3-4-14(13)16)17-7-11(18)8-19-9-12-2-1-5-20-12/h1-6,11,17-18H,7-9H2. The van der Waals surface area contributed by atoms with Gasteiger partial charge >= 0.3 is 0 Å². The monoisotopic (exact) mass is 299 g/mol. The summed E-state index contributed by atoms with van der Waals surface area (Å²) in [5.74, 6) is 0.232. The van der Waals surface area contributed by atoms with E-state index in [2.05, 4.69) is 5.32 Å². The highest BCUT2D eigenvalue weighted by Crippen LogP contribution is 2.19. The topological polar surface area (TPSA) is 54.6 Å². The van der Waals surface area contributed by atoms with Gasteiger partial charge in [0.05, 0.1) is 24.0 Å². The highest BCUT2D eigenvalue weighted by atomic mass is 35.5. The minimum Gasteiger partial charge on any atom is -0.467 e. The number of furan rings is 1. The van der Waals surface area contributed by atoms with Crippen LogP contribution < -0.4 is 5.32 Å². The van der Waals surface area contributed by atoms with Gasteiger partial charge in [-0.15, -0.1) is 0 Å². The molecule has 4 nitrogen and oxygen atoms in total. The molecule has 0 aliphatic heterocycles. The summed E-state index contributed by atoms with van der Waals surface area (Å²) in [6.45, 7) is 0.759. The fourth-order valence-corrected chi connectivity index (χ4v) is 1.77. The molecular formula is C14H15ClFNO3. The molecule has 0 fully saturated rings. The van der Waals surface area contributed by atoms with Crippen LogP contribution in [-0.4, -0.2) is 24.4 Å². The Labute approximate surface area is 121 Å². The Balaban J connectivity index is 1.69. The number of benzene rings is 1. The Morgan fingerprint density at radius 3 is 2.95 bits per heavy atom. The molecule has 0 aliphatic carbocycles. The molecule has 0 spiro atoms. The number of aliphatic hydroxyl groups excluding tert-OH is 1. The second kappa shape index (κ2) is 7.28. The van der Waals surface area contributed by atoms with Gasteiger partial charge in [-0.05, 0) is 30.3 Å². The number of aliphatic hydroxyl groups is 1. The lowest BCUT2D eigenvalue weighted by Crippen LogP contribution is -2.24. The molecule has 0 radical (unpaired) electrons. The Hall–Kier alpha value is -1.56. The lowest BCUT2D eigenvalue weighted by atomic mass is 10.3. The van der Waals surface area contributed by atoms with Gasteiger partial charge in [-0.25, -0.2) is 4.39 Å². The van der Waals surface area contributed by atoms with Crippen LogP contribution in [0.5, 0.6) is 0 Å². The van der Waals surface area contributed by atoms with E-state index in [0.717, 1.165) is 0 Å².